The van der Waals surface area contributed by atoms with Crippen LogP contribution in [0.4, 0.5) is 13.2 Å². The number of fused-ring (bicyclic) bond motifs is 1. The Morgan fingerprint density at radius 1 is 1.08 bits per heavy atom. The highest BCUT2D eigenvalue weighted by Crippen LogP contribution is 2.33. The largest absolute Gasteiger partial charge is 0.416 e. The van der Waals surface area contributed by atoms with Gasteiger partial charge >= 0.3 is 6.18 Å². The van der Waals surface area contributed by atoms with Crippen LogP contribution in [-0.4, -0.2) is 55.9 Å². The van der Waals surface area contributed by atoms with E-state index < -0.39 is 34.3 Å². The minimum absolute atomic E-state index is 0.138. The molecule has 0 saturated heterocycles. The van der Waals surface area contributed by atoms with Gasteiger partial charge in [0.1, 0.15) is 6.61 Å². The molecule has 1 amide bonds. The number of sulfonamides is 1. The molecule has 2 aromatic heterocycles. The van der Waals surface area contributed by atoms with Crippen molar-refractivity contribution in [2.75, 3.05) is 26.9 Å². The van der Waals surface area contributed by atoms with Crippen molar-refractivity contribution in [2.24, 2.45) is 0 Å². The smallest absolute Gasteiger partial charge is 0.382 e. The maximum atomic E-state index is 13.0. The zero-order valence-corrected chi connectivity index (χ0v) is 20.3. The molecule has 4 aromatic rings. The van der Waals surface area contributed by atoms with Gasteiger partial charge in [0.05, 0.1) is 30.7 Å². The van der Waals surface area contributed by atoms with Crippen molar-refractivity contribution in [1.82, 2.24) is 19.3 Å². The maximum absolute atomic E-state index is 13.0. The third-order valence-electron chi connectivity index (χ3n) is 4.87. The monoisotopic (exact) mass is 540 g/mol. The van der Waals surface area contributed by atoms with E-state index >= 15 is 0 Å². The van der Waals surface area contributed by atoms with E-state index in [1.165, 1.54) is 23.9 Å². The summed E-state index contributed by atoms with van der Waals surface area (Å²) in [5, 5.41) is 3.99. The Hall–Kier alpha value is -3.33. The molecule has 0 bridgehead atoms. The number of aromatic nitrogens is 3. The molecule has 4 rings (SSSR count). The number of halogens is 3. The second-order valence-electron chi connectivity index (χ2n) is 7.45. The summed E-state index contributed by atoms with van der Waals surface area (Å²) in [5.74, 6) is -0.847. The van der Waals surface area contributed by atoms with Crippen LogP contribution in [0.15, 0.2) is 59.1 Å². The predicted molar refractivity (Wildman–Crippen MR) is 125 cm³/mol. The third-order valence-corrected chi connectivity index (χ3v) is 7.53. The van der Waals surface area contributed by atoms with Crippen molar-refractivity contribution < 1.29 is 35.9 Å². The third kappa shape index (κ3) is 5.90. The summed E-state index contributed by atoms with van der Waals surface area (Å²) >= 11 is 0.768. The maximum Gasteiger partial charge on any atom is 0.416 e. The van der Waals surface area contributed by atoms with Gasteiger partial charge in [-0.15, -0.1) is 5.10 Å². The number of nitrogens with one attached hydrogen (secondary N) is 1. The first kappa shape index (κ1) is 25.8. The van der Waals surface area contributed by atoms with Crippen LogP contribution in [0.25, 0.3) is 27.3 Å². The van der Waals surface area contributed by atoms with Gasteiger partial charge in [0.25, 0.3) is 20.3 Å². The molecule has 9 nitrogen and oxygen atoms in total. The minimum Gasteiger partial charge on any atom is -0.382 e. The average Bonchev–Trinajstić information content (AvgIpc) is 3.42. The van der Waals surface area contributed by atoms with Gasteiger partial charge < -0.3 is 9.47 Å². The number of alkyl halides is 3. The Morgan fingerprint density at radius 2 is 1.81 bits per heavy atom. The zero-order valence-electron chi connectivity index (χ0n) is 18.7. The van der Waals surface area contributed by atoms with Gasteiger partial charge in [-0.2, -0.15) is 21.6 Å². The van der Waals surface area contributed by atoms with Gasteiger partial charge in [-0.1, -0.05) is 47.7 Å². The number of imidazole rings is 1. The molecule has 0 atom stereocenters. The quantitative estimate of drug-likeness (QED) is 0.323. The van der Waals surface area contributed by atoms with Crippen LogP contribution in [0.3, 0.4) is 0 Å². The van der Waals surface area contributed by atoms with E-state index in [1.807, 2.05) is 4.72 Å². The van der Waals surface area contributed by atoms with Crippen molar-refractivity contribution in [3.63, 3.8) is 0 Å². The van der Waals surface area contributed by atoms with Gasteiger partial charge in [-0.05, 0) is 23.3 Å². The van der Waals surface area contributed by atoms with Crippen LogP contribution in [0.5, 0.6) is 0 Å². The summed E-state index contributed by atoms with van der Waals surface area (Å²) in [6.45, 7) is -0.0511. The van der Waals surface area contributed by atoms with E-state index in [0.29, 0.717) is 22.4 Å². The summed E-state index contributed by atoms with van der Waals surface area (Å²) in [7, 11) is -2.74. The number of hydrogen-bond acceptors (Lipinski definition) is 8. The van der Waals surface area contributed by atoms with Crippen LogP contribution >= 0.6 is 11.3 Å². The van der Waals surface area contributed by atoms with Crippen LogP contribution < -0.4 is 4.72 Å². The molecule has 0 aliphatic rings. The predicted octanol–water partition coefficient (Wildman–Crippen LogP) is 3.61. The van der Waals surface area contributed by atoms with Crippen molar-refractivity contribution in [2.45, 2.75) is 10.5 Å². The number of ether oxygens (including phenoxy) is 2. The summed E-state index contributed by atoms with van der Waals surface area (Å²) in [6, 6.07) is 11.8. The number of nitrogens with zero attached hydrogens (tertiary/aromatic N) is 3. The Balaban J connectivity index is 1.48. The summed E-state index contributed by atoms with van der Waals surface area (Å²) in [4.78, 5) is 16.5. The minimum atomic E-state index is -4.43. The lowest BCUT2D eigenvalue weighted by Gasteiger charge is -2.09. The van der Waals surface area contributed by atoms with E-state index in [1.54, 1.807) is 30.3 Å². The number of carbonyl (C=O) groups excluding carboxylic acids is 1. The molecule has 0 aliphatic carbocycles. The first-order valence-corrected chi connectivity index (χ1v) is 12.6. The van der Waals surface area contributed by atoms with Gasteiger partial charge in [0.2, 0.25) is 4.96 Å². The van der Waals surface area contributed by atoms with E-state index in [4.69, 9.17) is 9.47 Å². The highest BCUT2D eigenvalue weighted by molar-refractivity contribution is 7.92. The van der Waals surface area contributed by atoms with Crippen molar-refractivity contribution in [3.05, 3.63) is 60.3 Å². The first-order chi connectivity index (χ1) is 17.1. The van der Waals surface area contributed by atoms with Gasteiger partial charge in [-0.3, -0.25) is 4.79 Å². The lowest BCUT2D eigenvalue weighted by Crippen LogP contribution is -2.33. The fraction of sp³-hybridized carbons (Fsp3) is 0.227. The van der Waals surface area contributed by atoms with Crippen LogP contribution in [0.1, 0.15) is 5.56 Å². The fourth-order valence-electron chi connectivity index (χ4n) is 3.17. The second-order valence-corrected chi connectivity index (χ2v) is 10.3. The summed E-state index contributed by atoms with van der Waals surface area (Å²) < 4.78 is 76.4. The van der Waals surface area contributed by atoms with E-state index in [-0.39, 0.29) is 22.5 Å². The molecule has 0 spiro atoms. The van der Waals surface area contributed by atoms with Crippen LogP contribution in [-0.2, 0) is 30.5 Å². The molecule has 0 fully saturated rings. The highest BCUT2D eigenvalue weighted by Gasteiger charge is 2.30. The average molecular weight is 541 g/mol. The number of amides is 1. The molecule has 0 aliphatic heterocycles. The van der Waals surface area contributed by atoms with Crippen molar-refractivity contribution in [3.8, 4) is 22.4 Å². The number of carbonyl (C=O) groups is 1. The fourth-order valence-corrected chi connectivity index (χ4v) is 5.21. The highest BCUT2D eigenvalue weighted by atomic mass is 32.2. The van der Waals surface area contributed by atoms with Crippen LogP contribution in [0, 0.1) is 0 Å². The Kier molecular flexibility index (Phi) is 7.40. The summed E-state index contributed by atoms with van der Waals surface area (Å²) in [6.07, 6.45) is -2.92. The first-order valence-electron chi connectivity index (χ1n) is 10.3. The molecule has 0 saturated carbocycles. The normalized spacial score (nSPS) is 12.2. The SMILES string of the molecule is COCCOCC(=O)NS(=O)(=O)c1nn2cc(-c3ccc(-c4cccc(C(F)(F)F)c4)cc3)nc2s1. The Morgan fingerprint density at radius 3 is 2.47 bits per heavy atom. The number of rotatable bonds is 9. The standard InChI is InChI=1S/C22H19F3N4O5S2/c1-33-9-10-34-13-19(30)28-36(31,32)21-27-29-12-18(26-20(29)35-21)15-7-5-14(6-8-15)16-3-2-4-17(11-16)22(23,24)25/h2-8,11-12H,9-10,13H2,1H3,(H,28,30). The number of hydrogen-bond donors (Lipinski definition) is 1. The molecule has 14 heteroatoms. The molecule has 2 heterocycles. The Labute approximate surface area is 207 Å². The molecule has 0 radical (unpaired) electrons. The lowest BCUT2D eigenvalue weighted by atomic mass is 10.0. The van der Waals surface area contributed by atoms with Crippen molar-refractivity contribution >= 4 is 32.2 Å². The van der Waals surface area contributed by atoms with Gasteiger partial charge in [-0.25, -0.2) is 14.2 Å². The molecule has 36 heavy (non-hydrogen) atoms. The van der Waals surface area contributed by atoms with Crippen LogP contribution in [0.2, 0.25) is 0 Å². The molecular weight excluding hydrogens is 521 g/mol. The second kappa shape index (κ2) is 10.3. The molecular formula is C22H19F3N4O5S2. The molecule has 0 unspecified atom stereocenters. The number of methoxy groups -OCH3 is 1. The molecule has 190 valence electrons. The van der Waals surface area contributed by atoms with Gasteiger partial charge in [0, 0.05) is 12.7 Å². The van der Waals surface area contributed by atoms with Crippen molar-refractivity contribution in [1.29, 1.82) is 0 Å². The molecule has 2 aromatic carbocycles. The zero-order chi connectivity index (χ0) is 25.9. The summed E-state index contributed by atoms with van der Waals surface area (Å²) in [5.41, 5.74) is 1.44. The molecule has 1 N–H and O–H groups in total. The lowest BCUT2D eigenvalue weighted by molar-refractivity contribution is -0.137. The van der Waals surface area contributed by atoms with E-state index in [2.05, 4.69) is 10.1 Å². The topological polar surface area (TPSA) is 112 Å². The van der Waals surface area contributed by atoms with E-state index in [9.17, 15) is 26.4 Å². The Bertz CT molecular complexity index is 1450. The van der Waals surface area contributed by atoms with Gasteiger partial charge in [0.15, 0.2) is 0 Å². The van der Waals surface area contributed by atoms with E-state index in [0.717, 1.165) is 23.5 Å². The number of benzene rings is 2.